The van der Waals surface area contributed by atoms with E-state index in [0.29, 0.717) is 26.2 Å². The van der Waals surface area contributed by atoms with Crippen LogP contribution in [0.2, 0.25) is 0 Å². The summed E-state index contributed by atoms with van der Waals surface area (Å²) in [5.74, 6) is -0.210. The van der Waals surface area contributed by atoms with Crippen LogP contribution in [-0.4, -0.2) is 76.3 Å². The second-order valence-electron chi connectivity index (χ2n) is 9.42. The lowest BCUT2D eigenvalue weighted by atomic mass is 10.1. The number of hydrogen-bond acceptors (Lipinski definition) is 6. The van der Waals surface area contributed by atoms with Crippen molar-refractivity contribution in [1.82, 2.24) is 30.0 Å². The highest BCUT2D eigenvalue weighted by atomic mass is 35.5. The van der Waals surface area contributed by atoms with Gasteiger partial charge in [0.2, 0.25) is 5.91 Å². The predicted molar refractivity (Wildman–Crippen MR) is 150 cm³/mol. The SMILES string of the molecule is CCNCCN(CC(=O)N(C)N1Cc2ccccc2C1)C(=O)CNc1cc2c(C)nn(C)c2cc1C.Cl. The van der Waals surface area contributed by atoms with Crippen molar-refractivity contribution in [3.05, 3.63) is 58.8 Å². The number of aromatic nitrogens is 2. The number of benzene rings is 2. The molecular weight excluding hydrogens is 490 g/mol. The highest BCUT2D eigenvalue weighted by molar-refractivity contribution is 5.89. The lowest BCUT2D eigenvalue weighted by Crippen LogP contribution is -2.49. The fraction of sp³-hybridized carbons (Fsp3) is 0.444. The average molecular weight is 528 g/mol. The van der Waals surface area contributed by atoms with Crippen molar-refractivity contribution in [3.8, 4) is 0 Å². The monoisotopic (exact) mass is 527 g/mol. The second kappa shape index (κ2) is 12.4. The van der Waals surface area contributed by atoms with Crippen molar-refractivity contribution in [2.45, 2.75) is 33.9 Å². The average Bonchev–Trinajstić information content (AvgIpc) is 3.41. The Morgan fingerprint density at radius 2 is 1.76 bits per heavy atom. The van der Waals surface area contributed by atoms with Crippen molar-refractivity contribution in [2.24, 2.45) is 7.05 Å². The molecule has 0 saturated heterocycles. The summed E-state index contributed by atoms with van der Waals surface area (Å²) in [5, 5.41) is 15.8. The van der Waals surface area contributed by atoms with Crippen LogP contribution in [0.5, 0.6) is 0 Å². The van der Waals surface area contributed by atoms with Crippen LogP contribution in [0.25, 0.3) is 10.9 Å². The molecule has 9 nitrogen and oxygen atoms in total. The minimum absolute atomic E-state index is 0. The third kappa shape index (κ3) is 6.41. The first-order valence-electron chi connectivity index (χ1n) is 12.5. The van der Waals surface area contributed by atoms with Crippen LogP contribution in [-0.2, 0) is 29.7 Å². The zero-order valence-electron chi connectivity index (χ0n) is 22.4. The van der Waals surface area contributed by atoms with Crippen molar-refractivity contribution in [2.75, 3.05) is 45.1 Å². The fourth-order valence-electron chi connectivity index (χ4n) is 4.69. The van der Waals surface area contributed by atoms with Crippen molar-refractivity contribution >= 4 is 40.8 Å². The van der Waals surface area contributed by atoms with Crippen LogP contribution >= 0.6 is 12.4 Å². The molecule has 37 heavy (non-hydrogen) atoms. The fourth-order valence-corrected chi connectivity index (χ4v) is 4.69. The van der Waals surface area contributed by atoms with E-state index in [0.717, 1.165) is 34.4 Å². The largest absolute Gasteiger partial charge is 0.376 e. The van der Waals surface area contributed by atoms with Crippen LogP contribution in [0.3, 0.4) is 0 Å². The number of fused-ring (bicyclic) bond motifs is 2. The van der Waals surface area contributed by atoms with Crippen molar-refractivity contribution < 1.29 is 9.59 Å². The number of halogens is 1. The number of hydrogen-bond donors (Lipinski definition) is 2. The molecule has 2 amide bonds. The summed E-state index contributed by atoms with van der Waals surface area (Å²) in [6, 6.07) is 12.4. The lowest BCUT2D eigenvalue weighted by molar-refractivity contribution is -0.151. The van der Waals surface area contributed by atoms with Gasteiger partial charge in [-0.25, -0.2) is 5.01 Å². The van der Waals surface area contributed by atoms with Gasteiger partial charge in [-0.3, -0.25) is 19.3 Å². The molecule has 0 aliphatic carbocycles. The van der Waals surface area contributed by atoms with E-state index < -0.39 is 0 Å². The quantitative estimate of drug-likeness (QED) is 0.394. The number of nitrogens with one attached hydrogen (secondary N) is 2. The maximum Gasteiger partial charge on any atom is 0.256 e. The van der Waals surface area contributed by atoms with Gasteiger partial charge >= 0.3 is 0 Å². The van der Waals surface area contributed by atoms with Gasteiger partial charge in [0.25, 0.3) is 5.91 Å². The summed E-state index contributed by atoms with van der Waals surface area (Å²) in [4.78, 5) is 28.1. The van der Waals surface area contributed by atoms with Gasteiger partial charge in [0.1, 0.15) is 6.54 Å². The number of aryl methyl sites for hydroxylation is 3. The van der Waals surface area contributed by atoms with Gasteiger partial charge in [-0.1, -0.05) is 31.2 Å². The molecule has 0 radical (unpaired) electrons. The maximum atomic E-state index is 13.2. The number of likely N-dealkylation sites (N-methyl/N-ethyl adjacent to an activating group) is 2. The molecular formula is C27H38ClN7O2. The molecule has 2 N–H and O–H groups in total. The Bertz CT molecular complexity index is 1230. The molecule has 2 heterocycles. The minimum Gasteiger partial charge on any atom is -0.376 e. The third-order valence-electron chi connectivity index (χ3n) is 6.91. The molecule has 3 aromatic rings. The Labute approximate surface area is 225 Å². The number of carbonyl (C=O) groups is 2. The Kier molecular flexibility index (Phi) is 9.53. The Hall–Kier alpha value is -3.14. The molecule has 0 unspecified atom stereocenters. The first kappa shape index (κ1) is 28.4. The summed E-state index contributed by atoms with van der Waals surface area (Å²) in [6.45, 7) is 9.48. The summed E-state index contributed by atoms with van der Waals surface area (Å²) in [5.41, 5.74) is 6.42. The molecule has 0 saturated carbocycles. The number of amides is 2. The predicted octanol–water partition coefficient (Wildman–Crippen LogP) is 2.85. The number of anilines is 1. The standard InChI is InChI=1S/C27H37N7O2.ClH/c1-6-28-11-12-33(18-27(36)32(5)34-16-21-9-7-8-10-22(21)17-34)26(35)15-29-24-14-23-20(3)30-31(4)25(23)13-19(24)2;/h7-10,13-14,28-29H,6,11-12,15-18H2,1-5H3;1H. The molecule has 0 spiro atoms. The molecule has 10 heteroatoms. The van der Waals surface area contributed by atoms with E-state index in [1.165, 1.54) is 11.1 Å². The minimum atomic E-state index is -0.109. The summed E-state index contributed by atoms with van der Waals surface area (Å²) < 4.78 is 1.87. The van der Waals surface area contributed by atoms with Gasteiger partial charge < -0.3 is 15.5 Å². The van der Waals surface area contributed by atoms with E-state index in [4.69, 9.17) is 0 Å². The van der Waals surface area contributed by atoms with E-state index in [1.54, 1.807) is 17.0 Å². The number of rotatable bonds is 10. The van der Waals surface area contributed by atoms with E-state index in [9.17, 15) is 9.59 Å². The molecule has 1 aromatic heterocycles. The van der Waals surface area contributed by atoms with Gasteiger partial charge in [0.05, 0.1) is 17.8 Å². The maximum absolute atomic E-state index is 13.2. The molecule has 2 aromatic carbocycles. The Morgan fingerprint density at radius 1 is 1.08 bits per heavy atom. The molecule has 0 fully saturated rings. The van der Waals surface area contributed by atoms with Gasteiger partial charge in [0.15, 0.2) is 0 Å². The van der Waals surface area contributed by atoms with Crippen LogP contribution in [0.4, 0.5) is 5.69 Å². The van der Waals surface area contributed by atoms with Crippen molar-refractivity contribution in [3.63, 3.8) is 0 Å². The van der Waals surface area contributed by atoms with E-state index in [1.807, 2.05) is 55.7 Å². The number of nitrogens with zero attached hydrogens (tertiary/aromatic N) is 5. The highest BCUT2D eigenvalue weighted by Crippen LogP contribution is 2.26. The summed E-state index contributed by atoms with van der Waals surface area (Å²) in [6.07, 6.45) is 0. The van der Waals surface area contributed by atoms with Crippen molar-refractivity contribution in [1.29, 1.82) is 0 Å². The molecule has 1 aliphatic heterocycles. The normalized spacial score (nSPS) is 12.8. The van der Waals surface area contributed by atoms with Gasteiger partial charge in [-0.15, -0.1) is 12.4 Å². The highest BCUT2D eigenvalue weighted by Gasteiger charge is 2.27. The van der Waals surface area contributed by atoms with Gasteiger partial charge in [-0.2, -0.15) is 5.10 Å². The molecule has 0 bridgehead atoms. The Morgan fingerprint density at radius 3 is 2.41 bits per heavy atom. The molecule has 0 atom stereocenters. The van der Waals surface area contributed by atoms with Crippen LogP contribution in [0, 0.1) is 13.8 Å². The van der Waals surface area contributed by atoms with Gasteiger partial charge in [0, 0.05) is 51.3 Å². The smallest absolute Gasteiger partial charge is 0.256 e. The van der Waals surface area contributed by atoms with E-state index in [-0.39, 0.29) is 37.3 Å². The Balaban J connectivity index is 0.00000380. The zero-order chi connectivity index (χ0) is 25.8. The zero-order valence-corrected chi connectivity index (χ0v) is 23.2. The van der Waals surface area contributed by atoms with Gasteiger partial charge in [-0.05, 0) is 49.2 Å². The van der Waals surface area contributed by atoms with E-state index >= 15 is 0 Å². The first-order chi connectivity index (χ1) is 17.3. The number of hydrazine groups is 1. The number of carbonyl (C=O) groups excluding carboxylic acids is 2. The third-order valence-corrected chi connectivity index (χ3v) is 6.91. The molecule has 1 aliphatic rings. The summed E-state index contributed by atoms with van der Waals surface area (Å²) in [7, 11) is 3.72. The molecule has 200 valence electrons. The second-order valence-corrected chi connectivity index (χ2v) is 9.42. The summed E-state index contributed by atoms with van der Waals surface area (Å²) >= 11 is 0. The van der Waals surface area contributed by atoms with Crippen LogP contribution in [0.1, 0.15) is 29.3 Å². The first-order valence-corrected chi connectivity index (χ1v) is 12.5. The topological polar surface area (TPSA) is 85.7 Å². The van der Waals surface area contributed by atoms with E-state index in [2.05, 4.69) is 33.9 Å². The lowest BCUT2D eigenvalue weighted by Gasteiger charge is -2.31. The van der Waals surface area contributed by atoms with Crippen LogP contribution < -0.4 is 10.6 Å². The van der Waals surface area contributed by atoms with Crippen LogP contribution in [0.15, 0.2) is 36.4 Å². The molecule has 4 rings (SSSR count).